The fraction of sp³-hybridized carbons (Fsp3) is 0.692. The molecule has 0 saturated carbocycles. The topological polar surface area (TPSA) is 32.3 Å². The molecule has 2 N–H and O–H groups in total. The Morgan fingerprint density at radius 1 is 1.29 bits per heavy atom. The fourth-order valence-corrected chi connectivity index (χ4v) is 3.08. The first-order chi connectivity index (χ1) is 7.77. The second kappa shape index (κ2) is 5.83. The minimum Gasteiger partial charge on any atom is -0.396 e. The van der Waals surface area contributed by atoms with E-state index in [1.54, 1.807) is 11.3 Å². The molecule has 0 aliphatic rings. The Kier molecular flexibility index (Phi) is 5.20. The number of hydrogen-bond acceptors (Lipinski definition) is 3. The van der Waals surface area contributed by atoms with Crippen LogP contribution in [0.2, 0.25) is 0 Å². The van der Waals surface area contributed by atoms with E-state index in [0.29, 0.717) is 0 Å². The van der Waals surface area contributed by atoms with Gasteiger partial charge in [0, 0.05) is 45.3 Å². The summed E-state index contributed by atoms with van der Waals surface area (Å²) < 4.78 is 1.15. The van der Waals surface area contributed by atoms with Gasteiger partial charge in [-0.05, 0) is 22.0 Å². The molecule has 0 unspecified atom stereocenters. The monoisotopic (exact) mass is 319 g/mol. The van der Waals surface area contributed by atoms with Crippen LogP contribution >= 0.6 is 27.3 Å². The van der Waals surface area contributed by atoms with Crippen molar-refractivity contribution in [3.8, 4) is 0 Å². The quantitative estimate of drug-likeness (QED) is 0.842. The smallest absolute Gasteiger partial charge is 0.0494 e. The van der Waals surface area contributed by atoms with Gasteiger partial charge in [-0.25, -0.2) is 0 Å². The number of halogens is 1. The summed E-state index contributed by atoms with van der Waals surface area (Å²) in [6, 6.07) is 2.18. The number of aliphatic hydroxyl groups excluding tert-OH is 1. The lowest BCUT2D eigenvalue weighted by Gasteiger charge is -2.28. The molecule has 1 rings (SSSR count). The fourth-order valence-electron chi connectivity index (χ4n) is 1.52. The van der Waals surface area contributed by atoms with Crippen LogP contribution < -0.4 is 5.32 Å². The highest BCUT2D eigenvalue weighted by molar-refractivity contribution is 9.10. The largest absolute Gasteiger partial charge is 0.396 e. The van der Waals surface area contributed by atoms with Gasteiger partial charge in [0.2, 0.25) is 0 Å². The van der Waals surface area contributed by atoms with Crippen LogP contribution in [0.25, 0.3) is 0 Å². The summed E-state index contributed by atoms with van der Waals surface area (Å²) in [5, 5.41) is 14.8. The summed E-state index contributed by atoms with van der Waals surface area (Å²) in [6.45, 7) is 10.6. The molecule has 0 bridgehead atoms. The van der Waals surface area contributed by atoms with Gasteiger partial charge in [0.05, 0.1) is 0 Å². The van der Waals surface area contributed by atoms with Gasteiger partial charge < -0.3 is 10.4 Å². The van der Waals surface area contributed by atoms with Gasteiger partial charge in [-0.2, -0.15) is 0 Å². The molecule has 17 heavy (non-hydrogen) atoms. The van der Waals surface area contributed by atoms with Gasteiger partial charge in [-0.3, -0.25) is 0 Å². The summed E-state index contributed by atoms with van der Waals surface area (Å²) in [7, 11) is 0. The van der Waals surface area contributed by atoms with Crippen LogP contribution in [-0.2, 0) is 5.41 Å². The van der Waals surface area contributed by atoms with Crippen molar-refractivity contribution in [1.82, 2.24) is 5.32 Å². The van der Waals surface area contributed by atoms with Crippen LogP contribution in [0, 0.1) is 5.41 Å². The molecule has 98 valence electrons. The standard InChI is InChI=1S/C13H22BrNOS/c1-12(2,9-16)7-15-8-13(3,4)11-5-10(14)6-17-11/h5-6,15-16H,7-9H2,1-4H3. The molecule has 0 amide bonds. The van der Waals surface area contributed by atoms with Gasteiger partial charge in [0.15, 0.2) is 0 Å². The van der Waals surface area contributed by atoms with Crippen LogP contribution in [0.4, 0.5) is 0 Å². The van der Waals surface area contributed by atoms with Crippen molar-refractivity contribution in [3.05, 3.63) is 20.8 Å². The number of thiophene rings is 1. The average Bonchev–Trinajstić information content (AvgIpc) is 2.65. The zero-order valence-electron chi connectivity index (χ0n) is 11.0. The van der Waals surface area contributed by atoms with E-state index in [4.69, 9.17) is 0 Å². The predicted molar refractivity (Wildman–Crippen MR) is 78.8 cm³/mol. The molecule has 4 heteroatoms. The third-order valence-corrected chi connectivity index (χ3v) is 4.89. The molecule has 0 atom stereocenters. The minimum atomic E-state index is -0.0495. The van der Waals surface area contributed by atoms with Crippen LogP contribution in [0.5, 0.6) is 0 Å². The van der Waals surface area contributed by atoms with E-state index in [0.717, 1.165) is 17.6 Å². The van der Waals surface area contributed by atoms with Crippen LogP contribution in [-0.4, -0.2) is 24.8 Å². The molecule has 0 radical (unpaired) electrons. The number of nitrogens with one attached hydrogen (secondary N) is 1. The highest BCUT2D eigenvalue weighted by Gasteiger charge is 2.24. The zero-order chi connectivity index (χ0) is 13.1. The maximum absolute atomic E-state index is 9.20. The molecule has 0 aliphatic carbocycles. The lowest BCUT2D eigenvalue weighted by atomic mass is 9.90. The third kappa shape index (κ3) is 4.70. The highest BCUT2D eigenvalue weighted by Crippen LogP contribution is 2.31. The second-order valence-corrected chi connectivity index (χ2v) is 7.77. The molecule has 0 saturated heterocycles. The van der Waals surface area contributed by atoms with Gasteiger partial charge in [0.25, 0.3) is 0 Å². The molecule has 2 nitrogen and oxygen atoms in total. The highest BCUT2D eigenvalue weighted by atomic mass is 79.9. The zero-order valence-corrected chi connectivity index (χ0v) is 13.4. The Morgan fingerprint density at radius 2 is 1.94 bits per heavy atom. The van der Waals surface area contributed by atoms with Crippen LogP contribution in [0.3, 0.4) is 0 Å². The van der Waals surface area contributed by atoms with Crippen LogP contribution in [0.1, 0.15) is 32.6 Å². The molecule has 0 aromatic carbocycles. The third-order valence-electron chi connectivity index (χ3n) is 2.83. The summed E-state index contributed by atoms with van der Waals surface area (Å²) in [4.78, 5) is 1.37. The lowest BCUT2D eigenvalue weighted by Crippen LogP contribution is -2.39. The summed E-state index contributed by atoms with van der Waals surface area (Å²) in [5.74, 6) is 0. The normalized spacial score (nSPS) is 13.1. The van der Waals surface area contributed by atoms with Crippen molar-refractivity contribution in [2.75, 3.05) is 19.7 Å². The molecule has 1 aromatic rings. The molecular weight excluding hydrogens is 298 g/mol. The molecule has 1 heterocycles. The summed E-state index contributed by atoms with van der Waals surface area (Å²) in [6.07, 6.45) is 0. The number of rotatable bonds is 6. The summed E-state index contributed by atoms with van der Waals surface area (Å²) in [5.41, 5.74) is 0.0777. The Bertz CT molecular complexity index is 360. The maximum Gasteiger partial charge on any atom is 0.0494 e. The number of hydrogen-bond donors (Lipinski definition) is 2. The van der Waals surface area contributed by atoms with Crippen molar-refractivity contribution < 1.29 is 5.11 Å². The second-order valence-electron chi connectivity index (χ2n) is 5.94. The van der Waals surface area contributed by atoms with E-state index in [1.807, 2.05) is 0 Å². The Balaban J connectivity index is 2.51. The van der Waals surface area contributed by atoms with Gasteiger partial charge in [0.1, 0.15) is 0 Å². The molecular formula is C13H22BrNOS. The first-order valence-corrected chi connectivity index (χ1v) is 7.50. The molecule has 0 fully saturated rings. The Hall–Kier alpha value is 0.1000. The van der Waals surface area contributed by atoms with E-state index >= 15 is 0 Å². The van der Waals surface area contributed by atoms with Crippen molar-refractivity contribution >= 4 is 27.3 Å². The lowest BCUT2D eigenvalue weighted by molar-refractivity contribution is 0.155. The first-order valence-electron chi connectivity index (χ1n) is 5.83. The van der Waals surface area contributed by atoms with Crippen molar-refractivity contribution in [3.63, 3.8) is 0 Å². The van der Waals surface area contributed by atoms with E-state index in [9.17, 15) is 5.11 Å². The Labute approximate surface area is 117 Å². The molecule has 0 aliphatic heterocycles. The maximum atomic E-state index is 9.20. The van der Waals surface area contributed by atoms with Crippen molar-refractivity contribution in [1.29, 1.82) is 0 Å². The summed E-state index contributed by atoms with van der Waals surface area (Å²) >= 11 is 5.28. The SMILES string of the molecule is CC(C)(CO)CNCC(C)(C)c1cc(Br)cs1. The minimum absolute atomic E-state index is 0.0495. The van der Waals surface area contributed by atoms with E-state index in [1.165, 1.54) is 4.88 Å². The van der Waals surface area contributed by atoms with Gasteiger partial charge >= 0.3 is 0 Å². The van der Waals surface area contributed by atoms with Gasteiger partial charge in [-0.1, -0.05) is 27.7 Å². The predicted octanol–water partition coefficient (Wildman–Crippen LogP) is 3.40. The van der Waals surface area contributed by atoms with E-state index in [-0.39, 0.29) is 17.4 Å². The van der Waals surface area contributed by atoms with Crippen molar-refractivity contribution in [2.45, 2.75) is 33.1 Å². The number of aliphatic hydroxyl groups is 1. The molecule has 0 spiro atoms. The van der Waals surface area contributed by atoms with Gasteiger partial charge in [-0.15, -0.1) is 11.3 Å². The average molecular weight is 320 g/mol. The van der Waals surface area contributed by atoms with E-state index < -0.39 is 0 Å². The molecule has 1 aromatic heterocycles. The van der Waals surface area contributed by atoms with E-state index in [2.05, 4.69) is 60.4 Å². The van der Waals surface area contributed by atoms with Crippen LogP contribution in [0.15, 0.2) is 15.9 Å². The van der Waals surface area contributed by atoms with Crippen molar-refractivity contribution in [2.24, 2.45) is 5.41 Å². The first kappa shape index (κ1) is 15.2. The Morgan fingerprint density at radius 3 is 2.41 bits per heavy atom.